The number of fused-ring (bicyclic) bond motifs is 2. The number of nitrogens with zero attached hydrogens (tertiary/aromatic N) is 1. The standard InChI is InChI=1S/C25H19N3/c1-3-10-24-22(8-1)18(16-26-24)12-14-20-6-5-7-21(28-20)15-13-19-17-27-25-11-4-2-9-23(19)25/h1-17,26-27H/b14-12+,15-13+. The molecule has 0 atom stereocenters. The van der Waals surface area contributed by atoms with Crippen LogP contribution in [0.3, 0.4) is 0 Å². The third kappa shape index (κ3) is 3.14. The monoisotopic (exact) mass is 361 g/mol. The number of nitrogens with one attached hydrogen (secondary N) is 2. The summed E-state index contributed by atoms with van der Waals surface area (Å²) in [6.07, 6.45) is 12.4. The Bertz CT molecular complexity index is 1220. The lowest BCUT2D eigenvalue weighted by Gasteiger charge is -1.97. The molecule has 0 radical (unpaired) electrons. The number of pyridine rings is 1. The molecule has 0 aliphatic heterocycles. The Balaban J connectivity index is 1.40. The van der Waals surface area contributed by atoms with Crippen molar-refractivity contribution in [2.24, 2.45) is 0 Å². The lowest BCUT2D eigenvalue weighted by atomic mass is 10.1. The SMILES string of the molecule is C(=C\c1c[nH]c2ccccc12)/c1cccc(/C=C/c2c[nH]c3ccccc23)n1. The normalized spacial score (nSPS) is 12.0. The van der Waals surface area contributed by atoms with E-state index in [-0.39, 0.29) is 0 Å². The highest BCUT2D eigenvalue weighted by molar-refractivity contribution is 5.92. The van der Waals surface area contributed by atoms with Crippen LogP contribution in [0.4, 0.5) is 0 Å². The molecule has 3 heterocycles. The topological polar surface area (TPSA) is 44.5 Å². The minimum Gasteiger partial charge on any atom is -0.361 e. The largest absolute Gasteiger partial charge is 0.361 e. The predicted octanol–water partition coefficient (Wildman–Crippen LogP) is 6.39. The van der Waals surface area contributed by atoms with Crippen LogP contribution in [-0.2, 0) is 0 Å². The molecule has 5 aromatic rings. The number of hydrogen-bond donors (Lipinski definition) is 2. The highest BCUT2D eigenvalue weighted by atomic mass is 14.7. The fourth-order valence-electron chi connectivity index (χ4n) is 3.47. The first-order valence-electron chi connectivity index (χ1n) is 9.32. The van der Waals surface area contributed by atoms with Crippen LogP contribution in [0.25, 0.3) is 46.1 Å². The van der Waals surface area contributed by atoms with Crippen LogP contribution in [-0.4, -0.2) is 15.0 Å². The second-order valence-electron chi connectivity index (χ2n) is 6.73. The molecule has 3 nitrogen and oxygen atoms in total. The van der Waals surface area contributed by atoms with Crippen LogP contribution in [0.2, 0.25) is 0 Å². The van der Waals surface area contributed by atoms with Gasteiger partial charge in [0.25, 0.3) is 0 Å². The number of para-hydroxylation sites is 2. The van der Waals surface area contributed by atoms with E-state index in [0.717, 1.165) is 33.5 Å². The highest BCUT2D eigenvalue weighted by Crippen LogP contribution is 2.21. The fraction of sp³-hybridized carbons (Fsp3) is 0. The summed E-state index contributed by atoms with van der Waals surface area (Å²) in [7, 11) is 0. The lowest BCUT2D eigenvalue weighted by molar-refractivity contribution is 1.27. The molecule has 2 N–H and O–H groups in total. The maximum Gasteiger partial charge on any atom is 0.0637 e. The summed E-state index contributed by atoms with van der Waals surface area (Å²) in [6, 6.07) is 22.7. The van der Waals surface area contributed by atoms with Crippen LogP contribution in [0, 0.1) is 0 Å². The third-order valence-electron chi connectivity index (χ3n) is 4.90. The van der Waals surface area contributed by atoms with Gasteiger partial charge in [-0.05, 0) is 47.5 Å². The van der Waals surface area contributed by atoms with Crippen molar-refractivity contribution in [2.75, 3.05) is 0 Å². The number of hydrogen-bond acceptors (Lipinski definition) is 1. The zero-order chi connectivity index (χ0) is 18.8. The van der Waals surface area contributed by atoms with Gasteiger partial charge in [-0.2, -0.15) is 0 Å². The van der Waals surface area contributed by atoms with E-state index in [0.29, 0.717) is 0 Å². The minimum atomic E-state index is 0.936. The van der Waals surface area contributed by atoms with Crippen molar-refractivity contribution >= 4 is 46.1 Å². The Morgan fingerprint density at radius 3 is 1.57 bits per heavy atom. The smallest absolute Gasteiger partial charge is 0.0637 e. The maximum atomic E-state index is 4.74. The van der Waals surface area contributed by atoms with E-state index in [1.54, 1.807) is 0 Å². The molecule has 5 rings (SSSR count). The predicted molar refractivity (Wildman–Crippen MR) is 119 cm³/mol. The number of aromatic nitrogens is 3. The van der Waals surface area contributed by atoms with E-state index in [1.165, 1.54) is 10.8 Å². The number of rotatable bonds is 4. The molecule has 0 unspecified atom stereocenters. The molecule has 0 spiro atoms. The quantitative estimate of drug-likeness (QED) is 0.383. The molecule has 28 heavy (non-hydrogen) atoms. The maximum absolute atomic E-state index is 4.74. The summed E-state index contributed by atoms with van der Waals surface area (Å²) in [6.45, 7) is 0. The first-order valence-corrected chi connectivity index (χ1v) is 9.32. The molecule has 0 saturated heterocycles. The first-order chi connectivity index (χ1) is 13.9. The van der Waals surface area contributed by atoms with Gasteiger partial charge < -0.3 is 9.97 Å². The lowest BCUT2D eigenvalue weighted by Crippen LogP contribution is -1.84. The molecule has 0 aliphatic rings. The number of benzene rings is 2. The van der Waals surface area contributed by atoms with Gasteiger partial charge >= 0.3 is 0 Å². The van der Waals surface area contributed by atoms with Crippen molar-refractivity contribution < 1.29 is 0 Å². The van der Waals surface area contributed by atoms with Gasteiger partial charge in [-0.25, -0.2) is 4.98 Å². The average Bonchev–Trinajstić information content (AvgIpc) is 3.35. The number of H-pyrrole nitrogens is 2. The number of aromatic amines is 2. The van der Waals surface area contributed by atoms with Gasteiger partial charge in [0.1, 0.15) is 0 Å². The minimum absolute atomic E-state index is 0.936. The van der Waals surface area contributed by atoms with Crippen LogP contribution >= 0.6 is 0 Å². The molecular formula is C25H19N3. The van der Waals surface area contributed by atoms with Gasteiger partial charge in [-0.1, -0.05) is 54.6 Å². The van der Waals surface area contributed by atoms with Gasteiger partial charge in [0.15, 0.2) is 0 Å². The zero-order valence-electron chi connectivity index (χ0n) is 15.3. The van der Waals surface area contributed by atoms with Crippen LogP contribution in [0.5, 0.6) is 0 Å². The van der Waals surface area contributed by atoms with Gasteiger partial charge in [0.05, 0.1) is 11.4 Å². The highest BCUT2D eigenvalue weighted by Gasteiger charge is 2.01. The van der Waals surface area contributed by atoms with Crippen molar-refractivity contribution in [3.63, 3.8) is 0 Å². The Morgan fingerprint density at radius 1 is 0.536 bits per heavy atom. The van der Waals surface area contributed by atoms with Crippen molar-refractivity contribution in [1.29, 1.82) is 0 Å². The molecule has 134 valence electrons. The van der Waals surface area contributed by atoms with E-state index < -0.39 is 0 Å². The molecule has 0 amide bonds. The van der Waals surface area contributed by atoms with Gasteiger partial charge in [-0.3, -0.25) is 0 Å². The van der Waals surface area contributed by atoms with Gasteiger partial charge in [0.2, 0.25) is 0 Å². The van der Waals surface area contributed by atoms with Crippen molar-refractivity contribution in [3.8, 4) is 0 Å². The summed E-state index contributed by atoms with van der Waals surface area (Å²) >= 11 is 0. The molecule has 2 aromatic carbocycles. The van der Waals surface area contributed by atoms with Crippen molar-refractivity contribution in [1.82, 2.24) is 15.0 Å². The Kier molecular flexibility index (Phi) is 4.11. The summed E-state index contributed by atoms with van der Waals surface area (Å²) in [4.78, 5) is 11.3. The Labute approximate surface area is 163 Å². The zero-order valence-corrected chi connectivity index (χ0v) is 15.3. The molecule has 0 bridgehead atoms. The van der Waals surface area contributed by atoms with E-state index in [1.807, 2.05) is 42.7 Å². The summed E-state index contributed by atoms with van der Waals surface area (Å²) in [5.74, 6) is 0. The molecule has 0 saturated carbocycles. The molecule has 3 aromatic heterocycles. The van der Waals surface area contributed by atoms with Gasteiger partial charge in [-0.15, -0.1) is 0 Å². The van der Waals surface area contributed by atoms with E-state index in [9.17, 15) is 0 Å². The fourth-order valence-corrected chi connectivity index (χ4v) is 3.47. The van der Waals surface area contributed by atoms with Crippen molar-refractivity contribution in [3.05, 3.63) is 102 Å². The molecule has 0 fully saturated rings. The summed E-state index contributed by atoms with van der Waals surface area (Å²) < 4.78 is 0. The van der Waals surface area contributed by atoms with Crippen molar-refractivity contribution in [2.45, 2.75) is 0 Å². The van der Waals surface area contributed by atoms with Gasteiger partial charge in [0, 0.05) is 34.2 Å². The van der Waals surface area contributed by atoms with E-state index >= 15 is 0 Å². The second-order valence-corrected chi connectivity index (χ2v) is 6.73. The van der Waals surface area contributed by atoms with E-state index in [2.05, 4.69) is 70.7 Å². The third-order valence-corrected chi connectivity index (χ3v) is 4.90. The van der Waals surface area contributed by atoms with Crippen LogP contribution < -0.4 is 0 Å². The average molecular weight is 361 g/mol. The Hall–Kier alpha value is -3.85. The molecular weight excluding hydrogens is 342 g/mol. The Morgan fingerprint density at radius 2 is 1.04 bits per heavy atom. The van der Waals surface area contributed by atoms with E-state index in [4.69, 9.17) is 4.98 Å². The second kappa shape index (κ2) is 7.05. The summed E-state index contributed by atoms with van der Waals surface area (Å²) in [5, 5.41) is 2.43. The molecule has 3 heteroatoms. The first kappa shape index (κ1) is 16.3. The molecule has 0 aliphatic carbocycles. The van der Waals surface area contributed by atoms with Crippen LogP contribution in [0.1, 0.15) is 22.5 Å². The van der Waals surface area contributed by atoms with Crippen LogP contribution in [0.15, 0.2) is 79.1 Å². The summed E-state index contributed by atoms with van der Waals surface area (Å²) in [5.41, 5.74) is 6.49.